The molecule has 2 amide bonds. The number of methoxy groups -OCH3 is 2. The molecule has 0 spiro atoms. The molecule has 36 heavy (non-hydrogen) atoms. The van der Waals surface area contributed by atoms with E-state index in [0.717, 1.165) is 16.8 Å². The first-order chi connectivity index (χ1) is 17.3. The SMILES string of the molecule is COc1cc([C@@H]2c3cnn(C(C)(C)C)c3N=C3NC(=O)N(c4ccccc4)[C@@H]32)c(OC)c2c1OCO2. The summed E-state index contributed by atoms with van der Waals surface area (Å²) >= 11 is 0. The first-order valence-corrected chi connectivity index (χ1v) is 11.7. The first-order valence-electron chi connectivity index (χ1n) is 11.7. The molecule has 0 unspecified atom stereocenters. The quantitative estimate of drug-likeness (QED) is 0.591. The minimum absolute atomic E-state index is 0.0652. The summed E-state index contributed by atoms with van der Waals surface area (Å²) in [4.78, 5) is 20.0. The van der Waals surface area contributed by atoms with E-state index in [4.69, 9.17) is 29.0 Å². The maximum Gasteiger partial charge on any atom is 0.328 e. The van der Waals surface area contributed by atoms with Gasteiger partial charge in [0, 0.05) is 22.7 Å². The van der Waals surface area contributed by atoms with Gasteiger partial charge in [0.15, 0.2) is 17.3 Å². The number of benzene rings is 2. The van der Waals surface area contributed by atoms with Gasteiger partial charge in [0.2, 0.25) is 18.3 Å². The molecule has 0 radical (unpaired) electrons. The number of aliphatic imine (C=N–C) groups is 1. The van der Waals surface area contributed by atoms with Crippen molar-refractivity contribution in [3.63, 3.8) is 0 Å². The van der Waals surface area contributed by atoms with Crippen LogP contribution in [0.2, 0.25) is 0 Å². The Labute approximate surface area is 208 Å². The van der Waals surface area contributed by atoms with Crippen LogP contribution in [0.25, 0.3) is 0 Å². The lowest BCUT2D eigenvalue weighted by molar-refractivity contribution is 0.168. The van der Waals surface area contributed by atoms with Crippen molar-refractivity contribution in [1.82, 2.24) is 15.1 Å². The summed E-state index contributed by atoms with van der Waals surface area (Å²) in [5, 5.41) is 7.71. The molecular weight excluding hydrogens is 462 g/mol. The number of hydrogen-bond acceptors (Lipinski definition) is 7. The van der Waals surface area contributed by atoms with Gasteiger partial charge >= 0.3 is 6.03 Å². The third-order valence-corrected chi connectivity index (χ3v) is 6.68. The zero-order valence-electron chi connectivity index (χ0n) is 20.7. The van der Waals surface area contributed by atoms with E-state index in [9.17, 15) is 4.79 Å². The highest BCUT2D eigenvalue weighted by atomic mass is 16.7. The number of rotatable bonds is 4. The number of amides is 2. The van der Waals surface area contributed by atoms with Crippen molar-refractivity contribution in [2.24, 2.45) is 4.99 Å². The predicted octanol–water partition coefficient (Wildman–Crippen LogP) is 4.16. The molecule has 10 heteroatoms. The van der Waals surface area contributed by atoms with E-state index in [1.54, 1.807) is 19.1 Å². The average Bonchev–Trinajstić information content (AvgIpc) is 3.58. The van der Waals surface area contributed by atoms with Crippen LogP contribution in [0.15, 0.2) is 47.6 Å². The number of ether oxygens (including phenoxy) is 4. The number of carbonyl (C=O) groups is 1. The van der Waals surface area contributed by atoms with Gasteiger partial charge in [-0.2, -0.15) is 5.10 Å². The molecule has 3 aliphatic heterocycles. The summed E-state index contributed by atoms with van der Waals surface area (Å²) in [5.41, 5.74) is 2.08. The standard InChI is InChI=1S/C26H27N5O5/c1-26(2,3)31-24-16(12-27-31)18(15-11-17(33-4)21-22(20(15)34-5)36-13-35-21)19-23(28-24)29-25(32)30(19)14-9-7-6-8-10-14/h6-12,18-19H,13H2,1-5H3,(H,28,29,32)/t18-,19-/m1/s1. The highest BCUT2D eigenvalue weighted by molar-refractivity contribution is 6.18. The molecule has 1 aromatic heterocycles. The van der Waals surface area contributed by atoms with Gasteiger partial charge in [0.25, 0.3) is 0 Å². The average molecular weight is 490 g/mol. The van der Waals surface area contributed by atoms with Crippen LogP contribution in [0.1, 0.15) is 37.8 Å². The van der Waals surface area contributed by atoms with Crippen molar-refractivity contribution in [3.05, 3.63) is 53.7 Å². The number of amidine groups is 1. The lowest BCUT2D eigenvalue weighted by Crippen LogP contribution is -2.42. The number of fused-ring (bicyclic) bond motifs is 3. The molecule has 3 aliphatic rings. The Morgan fingerprint density at radius 3 is 2.50 bits per heavy atom. The van der Waals surface area contributed by atoms with E-state index in [1.165, 1.54) is 0 Å². The van der Waals surface area contributed by atoms with Gasteiger partial charge in [-0.05, 0) is 39.0 Å². The lowest BCUT2D eigenvalue weighted by atomic mass is 9.82. The number of nitrogens with zero attached hydrogens (tertiary/aromatic N) is 4. The third-order valence-electron chi connectivity index (χ3n) is 6.68. The van der Waals surface area contributed by atoms with Gasteiger partial charge in [-0.25, -0.2) is 14.5 Å². The normalized spacial score (nSPS) is 20.0. The van der Waals surface area contributed by atoms with Crippen LogP contribution < -0.4 is 29.2 Å². The first kappa shape index (κ1) is 22.3. The molecule has 0 bridgehead atoms. The summed E-state index contributed by atoms with van der Waals surface area (Å²) in [6.45, 7) is 6.26. The summed E-state index contributed by atoms with van der Waals surface area (Å²) < 4.78 is 24.9. The molecule has 2 atom stereocenters. The Morgan fingerprint density at radius 2 is 1.81 bits per heavy atom. The molecule has 2 aromatic carbocycles. The van der Waals surface area contributed by atoms with E-state index in [1.807, 2.05) is 47.3 Å². The molecule has 1 fully saturated rings. The van der Waals surface area contributed by atoms with Crippen LogP contribution in [-0.2, 0) is 5.54 Å². The van der Waals surface area contributed by atoms with Crippen LogP contribution in [-0.4, -0.2) is 48.7 Å². The van der Waals surface area contributed by atoms with Crippen LogP contribution in [0, 0.1) is 0 Å². The highest BCUT2D eigenvalue weighted by Crippen LogP contribution is 2.55. The molecule has 0 saturated carbocycles. The smallest absolute Gasteiger partial charge is 0.328 e. The van der Waals surface area contributed by atoms with Gasteiger partial charge in [-0.3, -0.25) is 10.2 Å². The van der Waals surface area contributed by atoms with Crippen molar-refractivity contribution >= 4 is 23.4 Å². The van der Waals surface area contributed by atoms with Crippen LogP contribution in [0.5, 0.6) is 23.0 Å². The molecule has 186 valence electrons. The van der Waals surface area contributed by atoms with Gasteiger partial charge in [0.1, 0.15) is 11.9 Å². The van der Waals surface area contributed by atoms with Gasteiger partial charge < -0.3 is 18.9 Å². The number of para-hydroxylation sites is 1. The Hall–Kier alpha value is -4.21. The van der Waals surface area contributed by atoms with Crippen LogP contribution in [0.4, 0.5) is 16.3 Å². The second-order valence-electron chi connectivity index (χ2n) is 9.83. The summed E-state index contributed by atoms with van der Waals surface area (Å²) in [6.07, 6.45) is 1.83. The Kier molecular flexibility index (Phi) is 4.89. The van der Waals surface area contributed by atoms with Crippen molar-refractivity contribution in [2.45, 2.75) is 38.3 Å². The van der Waals surface area contributed by atoms with Gasteiger partial charge in [-0.1, -0.05) is 18.2 Å². The number of urea groups is 1. The molecule has 0 aliphatic carbocycles. The number of anilines is 1. The molecule has 10 nitrogen and oxygen atoms in total. The second-order valence-corrected chi connectivity index (χ2v) is 9.83. The Balaban J connectivity index is 1.63. The van der Waals surface area contributed by atoms with Gasteiger partial charge in [-0.15, -0.1) is 0 Å². The molecule has 1 N–H and O–H groups in total. The van der Waals surface area contributed by atoms with Gasteiger partial charge in [0.05, 0.1) is 26.0 Å². The fraction of sp³-hybridized carbons (Fsp3) is 0.346. The molecular formula is C26H27N5O5. The van der Waals surface area contributed by atoms with Crippen LogP contribution >= 0.6 is 0 Å². The van der Waals surface area contributed by atoms with Crippen molar-refractivity contribution in [1.29, 1.82) is 0 Å². The van der Waals surface area contributed by atoms with E-state index >= 15 is 0 Å². The van der Waals surface area contributed by atoms with E-state index < -0.39 is 6.04 Å². The van der Waals surface area contributed by atoms with Crippen molar-refractivity contribution < 1.29 is 23.7 Å². The van der Waals surface area contributed by atoms with E-state index in [0.29, 0.717) is 34.7 Å². The second kappa shape index (κ2) is 7.91. The predicted molar refractivity (Wildman–Crippen MR) is 133 cm³/mol. The fourth-order valence-corrected chi connectivity index (χ4v) is 5.19. The Morgan fingerprint density at radius 1 is 1.06 bits per heavy atom. The third kappa shape index (κ3) is 3.13. The minimum Gasteiger partial charge on any atom is -0.493 e. The number of carbonyl (C=O) groups excluding carboxylic acids is 1. The highest BCUT2D eigenvalue weighted by Gasteiger charge is 2.50. The van der Waals surface area contributed by atoms with Crippen molar-refractivity contribution in [2.75, 3.05) is 25.9 Å². The zero-order chi connectivity index (χ0) is 25.2. The summed E-state index contributed by atoms with van der Waals surface area (Å²) in [6, 6.07) is 10.7. The maximum atomic E-state index is 13.3. The topological polar surface area (TPSA) is 99.4 Å². The van der Waals surface area contributed by atoms with E-state index in [-0.39, 0.29) is 24.3 Å². The van der Waals surface area contributed by atoms with Crippen LogP contribution in [0.3, 0.4) is 0 Å². The summed E-state index contributed by atoms with van der Waals surface area (Å²) in [7, 11) is 3.18. The zero-order valence-corrected chi connectivity index (χ0v) is 20.7. The maximum absolute atomic E-state index is 13.3. The van der Waals surface area contributed by atoms with Crippen molar-refractivity contribution in [3.8, 4) is 23.0 Å². The Bertz CT molecular complexity index is 1390. The fourth-order valence-electron chi connectivity index (χ4n) is 5.19. The monoisotopic (exact) mass is 489 g/mol. The largest absolute Gasteiger partial charge is 0.493 e. The lowest BCUT2D eigenvalue weighted by Gasteiger charge is -2.34. The number of aromatic nitrogens is 2. The number of hydrogen-bond donors (Lipinski definition) is 1. The molecule has 6 rings (SSSR count). The van der Waals surface area contributed by atoms with E-state index in [2.05, 4.69) is 26.1 Å². The molecule has 3 aromatic rings. The summed E-state index contributed by atoms with van der Waals surface area (Å²) in [5.74, 6) is 2.87. The minimum atomic E-state index is -0.469. The number of nitrogens with one attached hydrogen (secondary N) is 1. The molecule has 4 heterocycles. The molecule has 1 saturated heterocycles.